The molecule has 0 saturated carbocycles. The Labute approximate surface area is 414 Å². The van der Waals surface area contributed by atoms with Crippen LogP contribution in [0.4, 0.5) is 0 Å². The number of pyridine rings is 2. The highest BCUT2D eigenvalue weighted by atomic mass is 35.5. The summed E-state index contributed by atoms with van der Waals surface area (Å²) in [5, 5.41) is 64.0. The maximum absolute atomic E-state index is 11.9. The highest BCUT2D eigenvalue weighted by molar-refractivity contribution is 6.32. The van der Waals surface area contributed by atoms with Crippen LogP contribution >= 0.6 is 23.2 Å². The molecule has 2 atom stereocenters. The first-order chi connectivity index (χ1) is 33.5. The van der Waals surface area contributed by atoms with E-state index in [1.165, 1.54) is 26.2 Å². The highest BCUT2D eigenvalue weighted by Crippen LogP contribution is 2.38. The van der Waals surface area contributed by atoms with Crippen LogP contribution in [0.15, 0.2) is 97.6 Å². The second-order valence-electron chi connectivity index (χ2n) is 16.8. The van der Waals surface area contributed by atoms with Gasteiger partial charge in [0.25, 0.3) is 0 Å². The number of carbonyl (C=O) groups is 2. The molecule has 16 nitrogen and oxygen atoms in total. The molecule has 6 N–H and O–H groups in total. The fraction of sp³-hybridized carbons (Fsp3) is 0.269. The Balaban J connectivity index is 1.22. The van der Waals surface area contributed by atoms with Crippen molar-refractivity contribution in [1.82, 2.24) is 20.6 Å². The van der Waals surface area contributed by atoms with Gasteiger partial charge < -0.3 is 39.4 Å². The standard InChI is InChI=1S/C52H50Cl2N6O10/c1-31-37(27-69-47-15-45(67-25-35-11-33(17-55)19-57-21-35)39(13-43(47)53)23-59-51(3,29-61)49(63)64)7-5-9-41(31)42-10-6-8-38(32(42)2)28-70-48-16-46(68-26-36-12-34(18-56)20-58-22-36)40(14-44(48)54)24-60-52(4,30-62)50(65)66/h5-16,19-22,59-62H,23-30H2,1-4H3,(H,63,64)(H,65,66)/t51-,52?/m0/s1. The summed E-state index contributed by atoms with van der Waals surface area (Å²) >= 11 is 13.6. The second kappa shape index (κ2) is 23.3. The molecule has 6 aromatic rings. The van der Waals surface area contributed by atoms with Crippen molar-refractivity contribution in [2.75, 3.05) is 13.2 Å². The van der Waals surface area contributed by atoms with Gasteiger partial charge >= 0.3 is 11.9 Å². The predicted octanol–water partition coefficient (Wildman–Crippen LogP) is 7.98. The Kier molecular flexibility index (Phi) is 17.4. The van der Waals surface area contributed by atoms with E-state index in [1.807, 2.05) is 50.2 Å². The smallest absolute Gasteiger partial charge is 0.326 e. The SMILES string of the molecule is Cc1c(COc2cc(OCc3cncc(C#N)c3)c(CNC(C)(CO)C(=O)O)cc2Cl)cccc1-c1cccc(COc2cc(OCc3cncc(C#N)c3)c(CN[C@@](C)(CO)C(=O)O)cc2Cl)c1C. The predicted molar refractivity (Wildman–Crippen MR) is 259 cm³/mol. The van der Waals surface area contributed by atoms with E-state index in [2.05, 4.69) is 32.7 Å². The van der Waals surface area contributed by atoms with Crippen LogP contribution in [0.2, 0.25) is 10.0 Å². The summed E-state index contributed by atoms with van der Waals surface area (Å²) in [6.45, 7) is 5.66. The third kappa shape index (κ3) is 12.7. The summed E-state index contributed by atoms with van der Waals surface area (Å²) in [6.07, 6.45) is 6.02. The Morgan fingerprint density at radius 1 is 0.586 bits per heavy atom. The van der Waals surface area contributed by atoms with Crippen LogP contribution in [0.1, 0.15) is 69.5 Å². The minimum atomic E-state index is -1.64. The summed E-state index contributed by atoms with van der Waals surface area (Å²) in [5.41, 5.74) is 5.24. The van der Waals surface area contributed by atoms with Gasteiger partial charge in [0, 0.05) is 72.3 Å². The third-order valence-corrected chi connectivity index (χ3v) is 12.3. The topological polar surface area (TPSA) is 249 Å². The number of aromatic nitrogens is 2. The van der Waals surface area contributed by atoms with E-state index in [1.54, 1.807) is 48.8 Å². The number of halogens is 2. The number of ether oxygens (including phenoxy) is 4. The lowest BCUT2D eigenvalue weighted by molar-refractivity contribution is -0.146. The van der Waals surface area contributed by atoms with Crippen LogP contribution in [0.5, 0.6) is 23.0 Å². The number of nitriles is 2. The van der Waals surface area contributed by atoms with E-state index in [0.717, 1.165) is 33.4 Å². The van der Waals surface area contributed by atoms with Crippen LogP contribution in [-0.4, -0.2) is 66.6 Å². The molecule has 0 radical (unpaired) electrons. The van der Waals surface area contributed by atoms with E-state index in [9.17, 15) is 40.5 Å². The van der Waals surface area contributed by atoms with Gasteiger partial charge in [-0.3, -0.25) is 30.2 Å². The molecule has 0 amide bonds. The molecule has 0 aliphatic rings. The quantitative estimate of drug-likeness (QED) is 0.0356. The van der Waals surface area contributed by atoms with Crippen molar-refractivity contribution in [1.29, 1.82) is 10.5 Å². The summed E-state index contributed by atoms with van der Waals surface area (Å²) in [7, 11) is 0. The molecule has 2 heterocycles. The van der Waals surface area contributed by atoms with E-state index >= 15 is 0 Å². The number of aliphatic hydroxyl groups excluding tert-OH is 2. The van der Waals surface area contributed by atoms with Gasteiger partial charge in [-0.2, -0.15) is 10.5 Å². The molecule has 0 bridgehead atoms. The zero-order valence-corrected chi connectivity index (χ0v) is 40.2. The van der Waals surface area contributed by atoms with Gasteiger partial charge in [-0.25, -0.2) is 0 Å². The molecule has 4 aromatic carbocycles. The summed E-state index contributed by atoms with van der Waals surface area (Å²) in [4.78, 5) is 32.0. The Morgan fingerprint density at radius 3 is 1.33 bits per heavy atom. The fourth-order valence-corrected chi connectivity index (χ4v) is 7.53. The van der Waals surface area contributed by atoms with Crippen LogP contribution in [-0.2, 0) is 49.1 Å². The normalized spacial score (nSPS) is 12.7. The number of nitrogens with zero attached hydrogens (tertiary/aromatic N) is 4. The average molecular weight is 990 g/mol. The van der Waals surface area contributed by atoms with Gasteiger partial charge in [-0.05, 0) is 85.3 Å². The van der Waals surface area contributed by atoms with Gasteiger partial charge in [0.2, 0.25) is 0 Å². The molecule has 1 unspecified atom stereocenters. The van der Waals surface area contributed by atoms with E-state index in [0.29, 0.717) is 56.4 Å². The monoisotopic (exact) mass is 988 g/mol. The first kappa shape index (κ1) is 52.1. The van der Waals surface area contributed by atoms with Crippen LogP contribution in [0.3, 0.4) is 0 Å². The van der Waals surface area contributed by atoms with Gasteiger partial charge in [-0.1, -0.05) is 59.6 Å². The number of rotatable bonds is 23. The first-order valence-electron chi connectivity index (χ1n) is 21.7. The van der Waals surface area contributed by atoms with Crippen molar-refractivity contribution in [3.63, 3.8) is 0 Å². The van der Waals surface area contributed by atoms with Crippen molar-refractivity contribution in [2.24, 2.45) is 0 Å². The van der Waals surface area contributed by atoms with E-state index in [4.69, 9.17) is 42.1 Å². The van der Waals surface area contributed by atoms with Crippen molar-refractivity contribution in [3.8, 4) is 46.3 Å². The molecule has 362 valence electrons. The molecule has 0 saturated heterocycles. The number of hydrogen-bond donors (Lipinski definition) is 6. The molecule has 0 aliphatic carbocycles. The second-order valence-corrected chi connectivity index (χ2v) is 17.6. The molecule has 0 aliphatic heterocycles. The number of aliphatic carboxylic acids is 2. The molecular formula is C52H50Cl2N6O10. The molecule has 18 heteroatoms. The van der Waals surface area contributed by atoms with E-state index in [-0.39, 0.29) is 49.6 Å². The summed E-state index contributed by atoms with van der Waals surface area (Å²) in [5.74, 6) is -1.20. The zero-order valence-electron chi connectivity index (χ0n) is 38.7. The lowest BCUT2D eigenvalue weighted by atomic mass is 9.92. The van der Waals surface area contributed by atoms with Gasteiger partial charge in [0.15, 0.2) is 0 Å². The average Bonchev–Trinajstić information content (AvgIpc) is 3.36. The number of benzene rings is 4. The molecular weight excluding hydrogens is 940 g/mol. The van der Waals surface area contributed by atoms with Crippen LogP contribution in [0, 0.1) is 36.5 Å². The maximum Gasteiger partial charge on any atom is 0.326 e. The molecule has 2 aromatic heterocycles. The Hall–Kier alpha value is -7.28. The third-order valence-electron chi connectivity index (χ3n) is 11.7. The number of carboxylic acid groups (broad SMARTS) is 2. The minimum Gasteiger partial charge on any atom is -0.488 e. The zero-order chi connectivity index (χ0) is 50.6. The molecule has 70 heavy (non-hydrogen) atoms. The number of carboxylic acids is 2. The van der Waals surface area contributed by atoms with Crippen molar-refractivity contribution in [2.45, 2.75) is 78.3 Å². The van der Waals surface area contributed by atoms with Gasteiger partial charge in [-0.15, -0.1) is 0 Å². The molecule has 6 rings (SSSR count). The fourth-order valence-electron chi connectivity index (χ4n) is 7.05. The summed E-state index contributed by atoms with van der Waals surface area (Å²) < 4.78 is 25.0. The highest BCUT2D eigenvalue weighted by Gasteiger charge is 2.33. The minimum absolute atomic E-state index is 0.0212. The lowest BCUT2D eigenvalue weighted by Crippen LogP contribution is -2.52. The number of aliphatic hydroxyl groups is 2. The van der Waals surface area contributed by atoms with Crippen molar-refractivity contribution < 1.29 is 49.0 Å². The van der Waals surface area contributed by atoms with Crippen molar-refractivity contribution in [3.05, 3.63) is 163 Å². The van der Waals surface area contributed by atoms with Crippen LogP contribution < -0.4 is 29.6 Å². The first-order valence-corrected chi connectivity index (χ1v) is 22.5. The van der Waals surface area contributed by atoms with E-state index < -0.39 is 36.2 Å². The Morgan fingerprint density at radius 2 is 0.971 bits per heavy atom. The van der Waals surface area contributed by atoms with Gasteiger partial charge in [0.1, 0.15) is 72.6 Å². The van der Waals surface area contributed by atoms with Crippen LogP contribution in [0.25, 0.3) is 11.1 Å². The molecule has 0 fully saturated rings. The Bertz CT molecular complexity index is 2780. The number of nitrogens with one attached hydrogen (secondary N) is 2. The van der Waals surface area contributed by atoms with Crippen molar-refractivity contribution >= 4 is 35.1 Å². The molecule has 0 spiro atoms. The maximum atomic E-state index is 11.9. The lowest BCUT2D eigenvalue weighted by Gasteiger charge is -2.25. The van der Waals surface area contributed by atoms with Gasteiger partial charge in [0.05, 0.1) is 34.4 Å². The summed E-state index contributed by atoms with van der Waals surface area (Å²) in [6, 6.07) is 25.7. The largest absolute Gasteiger partial charge is 0.488 e. The number of hydrogen-bond acceptors (Lipinski definition) is 14.